The van der Waals surface area contributed by atoms with Gasteiger partial charge in [0, 0.05) is 17.4 Å². The monoisotopic (exact) mass is 276 g/mol. The maximum Gasteiger partial charge on any atom is 0.163 e. The summed E-state index contributed by atoms with van der Waals surface area (Å²) in [5.41, 5.74) is 3.38. The molecule has 1 unspecified atom stereocenters. The fourth-order valence-electron chi connectivity index (χ4n) is 3.20. The number of Topliss-reactive ketones (excluding diaryl/α,β-unsaturated/α-hetero) is 1. The summed E-state index contributed by atoms with van der Waals surface area (Å²) in [6.45, 7) is 2.26. The molecule has 0 bridgehead atoms. The second kappa shape index (κ2) is 5.52. The van der Waals surface area contributed by atoms with Gasteiger partial charge in [0.2, 0.25) is 0 Å². The average Bonchev–Trinajstić information content (AvgIpc) is 3.33. The van der Waals surface area contributed by atoms with Gasteiger partial charge in [0.15, 0.2) is 5.78 Å². The predicted octanol–water partition coefficient (Wildman–Crippen LogP) is 2.89. The highest BCUT2D eigenvalue weighted by molar-refractivity contribution is 6.32. The first-order valence-corrected chi connectivity index (χ1v) is 7.75. The molecule has 2 heteroatoms. The molecule has 1 atom stereocenters. The zero-order valence-electron chi connectivity index (χ0n) is 12.8. The van der Waals surface area contributed by atoms with Crippen LogP contribution >= 0.6 is 0 Å². The van der Waals surface area contributed by atoms with Gasteiger partial charge in [0.25, 0.3) is 0 Å². The second-order valence-electron chi connectivity index (χ2n) is 6.52. The van der Waals surface area contributed by atoms with Gasteiger partial charge in [-0.1, -0.05) is 67.0 Å². The van der Waals surface area contributed by atoms with E-state index in [0.29, 0.717) is 12.3 Å². The maximum atomic E-state index is 12.6. The second-order valence-corrected chi connectivity index (χ2v) is 6.52. The van der Waals surface area contributed by atoms with Crippen LogP contribution in [-0.4, -0.2) is 13.6 Å². The smallest absolute Gasteiger partial charge is 0.163 e. The molecule has 0 aromatic heterocycles. The Morgan fingerprint density at radius 1 is 1.10 bits per heavy atom. The minimum absolute atomic E-state index is 0.0272. The lowest BCUT2D eigenvalue weighted by Gasteiger charge is -2.30. The molecular formula is C19H21BO. The fraction of sp³-hybridized carbons (Fsp3) is 0.316. The third-order valence-corrected chi connectivity index (χ3v) is 4.81. The van der Waals surface area contributed by atoms with Gasteiger partial charge in [0.1, 0.15) is 7.85 Å². The molecule has 0 saturated heterocycles. The van der Waals surface area contributed by atoms with Gasteiger partial charge >= 0.3 is 0 Å². The molecule has 1 aliphatic rings. The van der Waals surface area contributed by atoms with E-state index in [1.165, 1.54) is 23.9 Å². The Morgan fingerprint density at radius 2 is 1.71 bits per heavy atom. The quantitative estimate of drug-likeness (QED) is 0.606. The Morgan fingerprint density at radius 3 is 2.29 bits per heavy atom. The molecule has 2 aromatic rings. The van der Waals surface area contributed by atoms with Gasteiger partial charge in [0.05, 0.1) is 0 Å². The summed E-state index contributed by atoms with van der Waals surface area (Å²) >= 11 is 0. The van der Waals surface area contributed by atoms with Crippen molar-refractivity contribution < 1.29 is 4.79 Å². The molecule has 0 N–H and O–H groups in total. The molecule has 0 amide bonds. The molecule has 0 heterocycles. The molecule has 21 heavy (non-hydrogen) atoms. The van der Waals surface area contributed by atoms with Crippen LogP contribution in [0, 0.1) is 5.92 Å². The number of rotatable bonds is 5. The minimum Gasteiger partial charge on any atom is -0.294 e. The molecule has 0 aliphatic heterocycles. The third kappa shape index (κ3) is 2.95. The van der Waals surface area contributed by atoms with E-state index in [1.54, 1.807) is 0 Å². The van der Waals surface area contributed by atoms with Crippen LogP contribution in [0.1, 0.15) is 42.1 Å². The van der Waals surface area contributed by atoms with E-state index in [0.717, 1.165) is 5.56 Å². The molecule has 3 rings (SSSR count). The summed E-state index contributed by atoms with van der Waals surface area (Å²) in [4.78, 5) is 12.6. The van der Waals surface area contributed by atoms with Crippen LogP contribution in [0.4, 0.5) is 0 Å². The first-order chi connectivity index (χ1) is 10.1. The van der Waals surface area contributed by atoms with E-state index in [-0.39, 0.29) is 11.2 Å². The van der Waals surface area contributed by atoms with Gasteiger partial charge < -0.3 is 0 Å². The van der Waals surface area contributed by atoms with Crippen LogP contribution in [0.5, 0.6) is 0 Å². The highest BCUT2D eigenvalue weighted by Crippen LogP contribution is 2.49. The van der Waals surface area contributed by atoms with Crippen LogP contribution in [0.25, 0.3) is 0 Å². The van der Waals surface area contributed by atoms with Crippen molar-refractivity contribution in [1.29, 1.82) is 0 Å². The molecule has 0 spiro atoms. The van der Waals surface area contributed by atoms with Crippen molar-refractivity contribution in [2.24, 2.45) is 5.92 Å². The van der Waals surface area contributed by atoms with Crippen molar-refractivity contribution >= 4 is 19.1 Å². The number of hydrogen-bond donors (Lipinski definition) is 0. The van der Waals surface area contributed by atoms with Crippen molar-refractivity contribution in [3.8, 4) is 0 Å². The fourth-order valence-corrected chi connectivity index (χ4v) is 3.20. The van der Waals surface area contributed by atoms with Crippen LogP contribution in [0.2, 0.25) is 0 Å². The van der Waals surface area contributed by atoms with Crippen LogP contribution in [0.3, 0.4) is 0 Å². The van der Waals surface area contributed by atoms with Crippen molar-refractivity contribution in [3.63, 3.8) is 0 Å². The topological polar surface area (TPSA) is 17.1 Å². The summed E-state index contributed by atoms with van der Waals surface area (Å²) < 4.78 is 0. The summed E-state index contributed by atoms with van der Waals surface area (Å²) in [5.74, 6) is 0.901. The van der Waals surface area contributed by atoms with E-state index < -0.39 is 0 Å². The Bertz CT molecular complexity index is 628. The summed E-state index contributed by atoms with van der Waals surface area (Å²) in [5, 5.41) is 0. The van der Waals surface area contributed by atoms with Crippen molar-refractivity contribution in [1.82, 2.24) is 0 Å². The zero-order chi connectivity index (χ0) is 14.9. The van der Waals surface area contributed by atoms with Crippen LogP contribution in [-0.2, 0) is 5.41 Å². The van der Waals surface area contributed by atoms with Gasteiger partial charge in [-0.05, 0) is 24.3 Å². The predicted molar refractivity (Wildman–Crippen MR) is 90.1 cm³/mol. The zero-order valence-corrected chi connectivity index (χ0v) is 12.8. The maximum absolute atomic E-state index is 12.6. The lowest BCUT2D eigenvalue weighted by molar-refractivity contribution is 0.0946. The number of carbonyl (C=O) groups excluding carboxylic acids is 1. The van der Waals surface area contributed by atoms with E-state index in [1.807, 2.05) is 30.3 Å². The SMILES string of the molecule is Bc1ccc(C(C)(CC(=O)c2ccccc2)C2CC2)cc1. The van der Waals surface area contributed by atoms with E-state index in [2.05, 4.69) is 39.0 Å². The van der Waals surface area contributed by atoms with Gasteiger partial charge in [-0.15, -0.1) is 0 Å². The highest BCUT2D eigenvalue weighted by atomic mass is 16.1. The van der Waals surface area contributed by atoms with E-state index in [4.69, 9.17) is 0 Å². The normalized spacial score (nSPS) is 17.2. The number of hydrogen-bond acceptors (Lipinski definition) is 1. The number of carbonyl (C=O) groups is 1. The summed E-state index contributed by atoms with van der Waals surface area (Å²) in [6.07, 6.45) is 3.09. The lowest BCUT2D eigenvalue weighted by Crippen LogP contribution is -2.28. The number of benzene rings is 2. The molecule has 2 aromatic carbocycles. The first-order valence-electron chi connectivity index (χ1n) is 7.75. The molecule has 1 nitrogen and oxygen atoms in total. The van der Waals surface area contributed by atoms with Gasteiger partial charge in [-0.25, -0.2) is 0 Å². The van der Waals surface area contributed by atoms with Crippen molar-refractivity contribution in [2.75, 3.05) is 0 Å². The molecule has 1 saturated carbocycles. The summed E-state index contributed by atoms with van der Waals surface area (Å²) in [6, 6.07) is 18.4. The van der Waals surface area contributed by atoms with Crippen molar-refractivity contribution in [3.05, 3.63) is 65.7 Å². The Balaban J connectivity index is 1.88. The van der Waals surface area contributed by atoms with E-state index in [9.17, 15) is 4.79 Å². The standard InChI is InChI=1S/C19H21BO/c1-19(15-7-8-15,16-9-11-17(20)12-10-16)13-18(21)14-5-3-2-4-6-14/h2-6,9-12,15H,7-8,13,20H2,1H3. The molecule has 1 aliphatic carbocycles. The molecular weight excluding hydrogens is 255 g/mol. The van der Waals surface area contributed by atoms with E-state index >= 15 is 0 Å². The average molecular weight is 276 g/mol. The highest BCUT2D eigenvalue weighted by Gasteiger charge is 2.43. The molecule has 1 fully saturated rings. The van der Waals surface area contributed by atoms with Gasteiger partial charge in [-0.3, -0.25) is 4.79 Å². The Labute approximate surface area is 127 Å². The Hall–Kier alpha value is -1.83. The van der Waals surface area contributed by atoms with Crippen LogP contribution < -0.4 is 5.46 Å². The lowest BCUT2D eigenvalue weighted by atomic mass is 9.72. The largest absolute Gasteiger partial charge is 0.294 e. The summed E-state index contributed by atoms with van der Waals surface area (Å²) in [7, 11) is 2.10. The molecule has 0 radical (unpaired) electrons. The number of ketones is 1. The van der Waals surface area contributed by atoms with Gasteiger partial charge in [-0.2, -0.15) is 0 Å². The third-order valence-electron chi connectivity index (χ3n) is 4.81. The first kappa shape index (κ1) is 14.1. The molecule has 106 valence electrons. The van der Waals surface area contributed by atoms with Crippen molar-refractivity contribution in [2.45, 2.75) is 31.6 Å². The minimum atomic E-state index is -0.0272. The Kier molecular flexibility index (Phi) is 3.71. The van der Waals surface area contributed by atoms with Crippen LogP contribution in [0.15, 0.2) is 54.6 Å².